The molecular formula is C20H26ClN3O+2. The lowest BCUT2D eigenvalue weighted by Crippen LogP contribution is -3.28. The van der Waals surface area contributed by atoms with Gasteiger partial charge in [0.15, 0.2) is 6.54 Å². The van der Waals surface area contributed by atoms with Crippen LogP contribution in [0.2, 0.25) is 5.02 Å². The number of carbonyl (C=O) groups is 1. The van der Waals surface area contributed by atoms with Gasteiger partial charge in [0.05, 0.1) is 0 Å². The van der Waals surface area contributed by atoms with Gasteiger partial charge in [-0.1, -0.05) is 54.1 Å². The second-order valence-electron chi connectivity index (χ2n) is 6.75. The quantitative estimate of drug-likeness (QED) is 0.664. The van der Waals surface area contributed by atoms with Gasteiger partial charge in [-0.2, -0.15) is 0 Å². The second-order valence-corrected chi connectivity index (χ2v) is 7.18. The van der Waals surface area contributed by atoms with Gasteiger partial charge in [-0.05, 0) is 17.7 Å². The summed E-state index contributed by atoms with van der Waals surface area (Å²) in [7, 11) is 0. The van der Waals surface area contributed by atoms with E-state index in [9.17, 15) is 4.79 Å². The fourth-order valence-corrected chi connectivity index (χ4v) is 3.55. The van der Waals surface area contributed by atoms with Crippen molar-refractivity contribution in [2.24, 2.45) is 0 Å². The van der Waals surface area contributed by atoms with Crippen LogP contribution in [-0.4, -0.2) is 38.6 Å². The van der Waals surface area contributed by atoms with Crippen molar-refractivity contribution in [2.75, 3.05) is 32.7 Å². The SMILES string of the molecule is O=C(C[NH+]1CC[NH+](Cc2cccc(Cl)c2)CC1)NCc1ccccc1. The van der Waals surface area contributed by atoms with Gasteiger partial charge in [0.1, 0.15) is 32.7 Å². The Balaban J connectivity index is 1.38. The summed E-state index contributed by atoms with van der Waals surface area (Å²) < 4.78 is 0. The predicted octanol–water partition coefficient (Wildman–Crippen LogP) is -0.0602. The number of rotatable bonds is 6. The highest BCUT2D eigenvalue weighted by molar-refractivity contribution is 6.30. The zero-order valence-electron chi connectivity index (χ0n) is 14.4. The van der Waals surface area contributed by atoms with Crippen LogP contribution < -0.4 is 15.1 Å². The molecule has 0 spiro atoms. The summed E-state index contributed by atoms with van der Waals surface area (Å²) in [4.78, 5) is 15.1. The highest BCUT2D eigenvalue weighted by Gasteiger charge is 2.24. The summed E-state index contributed by atoms with van der Waals surface area (Å²) in [6.45, 7) is 6.44. The lowest BCUT2D eigenvalue weighted by atomic mass is 10.2. The van der Waals surface area contributed by atoms with E-state index in [1.54, 1.807) is 4.90 Å². The maximum atomic E-state index is 12.1. The van der Waals surface area contributed by atoms with E-state index in [1.807, 2.05) is 48.5 Å². The van der Waals surface area contributed by atoms with Crippen molar-refractivity contribution in [3.63, 3.8) is 0 Å². The minimum Gasteiger partial charge on any atom is -0.347 e. The van der Waals surface area contributed by atoms with E-state index in [4.69, 9.17) is 11.6 Å². The first-order valence-corrected chi connectivity index (χ1v) is 9.29. The molecule has 0 bridgehead atoms. The number of halogens is 1. The van der Waals surface area contributed by atoms with E-state index in [1.165, 1.54) is 10.5 Å². The first-order valence-electron chi connectivity index (χ1n) is 8.91. The standard InChI is InChI=1S/C20H24ClN3O/c21-19-8-4-7-18(13-19)15-23-9-11-24(12-10-23)16-20(25)22-14-17-5-2-1-3-6-17/h1-8,13H,9-12,14-16H2,(H,22,25)/p+2. The largest absolute Gasteiger partial charge is 0.347 e. The van der Waals surface area contributed by atoms with Crippen LogP contribution in [0.1, 0.15) is 11.1 Å². The van der Waals surface area contributed by atoms with E-state index in [0.29, 0.717) is 13.1 Å². The van der Waals surface area contributed by atoms with Crippen LogP contribution in [0.25, 0.3) is 0 Å². The fraction of sp³-hybridized carbons (Fsp3) is 0.350. The smallest absolute Gasteiger partial charge is 0.275 e. The number of quaternary nitrogens is 2. The lowest BCUT2D eigenvalue weighted by Gasteiger charge is -2.29. The Hall–Kier alpha value is -1.88. The van der Waals surface area contributed by atoms with Gasteiger partial charge in [0.2, 0.25) is 0 Å². The molecule has 1 aliphatic heterocycles. The summed E-state index contributed by atoms with van der Waals surface area (Å²) in [5.41, 5.74) is 2.42. The Morgan fingerprint density at radius 1 is 0.920 bits per heavy atom. The molecule has 0 saturated carbocycles. The van der Waals surface area contributed by atoms with Gasteiger partial charge in [-0.15, -0.1) is 0 Å². The van der Waals surface area contributed by atoms with Crippen LogP contribution in [0, 0.1) is 0 Å². The zero-order valence-corrected chi connectivity index (χ0v) is 15.2. The molecule has 2 aromatic rings. The van der Waals surface area contributed by atoms with Crippen molar-refractivity contribution in [3.05, 3.63) is 70.7 Å². The number of piperazine rings is 1. The fourth-order valence-electron chi connectivity index (χ4n) is 3.33. The number of nitrogens with one attached hydrogen (secondary N) is 3. The number of hydrogen-bond donors (Lipinski definition) is 3. The van der Waals surface area contributed by atoms with Gasteiger partial charge < -0.3 is 15.1 Å². The molecule has 132 valence electrons. The molecule has 3 rings (SSSR count). The Morgan fingerprint density at radius 3 is 2.32 bits per heavy atom. The van der Waals surface area contributed by atoms with Crippen LogP contribution in [-0.2, 0) is 17.9 Å². The molecule has 1 fully saturated rings. The van der Waals surface area contributed by atoms with Gasteiger partial charge in [-0.3, -0.25) is 4.79 Å². The molecule has 1 aliphatic rings. The van der Waals surface area contributed by atoms with E-state index < -0.39 is 0 Å². The van der Waals surface area contributed by atoms with Crippen molar-refractivity contribution in [1.29, 1.82) is 0 Å². The number of carbonyl (C=O) groups excluding carboxylic acids is 1. The van der Waals surface area contributed by atoms with Gasteiger partial charge in [0.25, 0.3) is 5.91 Å². The predicted molar refractivity (Wildman–Crippen MR) is 99.7 cm³/mol. The third kappa shape index (κ3) is 5.85. The molecule has 0 aliphatic carbocycles. The third-order valence-corrected chi connectivity index (χ3v) is 4.99. The van der Waals surface area contributed by atoms with Crippen molar-refractivity contribution < 1.29 is 14.6 Å². The molecule has 3 N–H and O–H groups in total. The summed E-state index contributed by atoms with van der Waals surface area (Å²) in [6, 6.07) is 18.1. The molecule has 0 atom stereocenters. The maximum Gasteiger partial charge on any atom is 0.275 e. The van der Waals surface area contributed by atoms with Crippen LogP contribution >= 0.6 is 11.6 Å². The Kier molecular flexibility index (Phi) is 6.45. The molecule has 1 heterocycles. The normalized spacial score (nSPS) is 20.2. The average molecular weight is 360 g/mol. The highest BCUT2D eigenvalue weighted by Crippen LogP contribution is 2.09. The molecular weight excluding hydrogens is 334 g/mol. The number of amides is 1. The molecule has 0 unspecified atom stereocenters. The number of hydrogen-bond acceptors (Lipinski definition) is 1. The van der Waals surface area contributed by atoms with Crippen molar-refractivity contribution in [2.45, 2.75) is 13.1 Å². The summed E-state index contributed by atoms with van der Waals surface area (Å²) >= 11 is 6.06. The van der Waals surface area contributed by atoms with Crippen LogP contribution in [0.3, 0.4) is 0 Å². The monoisotopic (exact) mass is 359 g/mol. The lowest BCUT2D eigenvalue weighted by molar-refractivity contribution is -1.02. The Labute approximate surface area is 154 Å². The second kappa shape index (κ2) is 8.99. The van der Waals surface area contributed by atoms with Crippen LogP contribution in [0.4, 0.5) is 0 Å². The summed E-state index contributed by atoms with van der Waals surface area (Å²) in [6.07, 6.45) is 0. The van der Waals surface area contributed by atoms with Crippen molar-refractivity contribution in [1.82, 2.24) is 5.32 Å². The van der Waals surface area contributed by atoms with Crippen LogP contribution in [0.5, 0.6) is 0 Å². The molecule has 25 heavy (non-hydrogen) atoms. The molecule has 2 aromatic carbocycles. The van der Waals surface area contributed by atoms with Crippen molar-refractivity contribution >= 4 is 17.5 Å². The Bertz CT molecular complexity index is 684. The highest BCUT2D eigenvalue weighted by atomic mass is 35.5. The molecule has 5 heteroatoms. The zero-order chi connectivity index (χ0) is 17.5. The first-order chi connectivity index (χ1) is 12.2. The van der Waals surface area contributed by atoms with E-state index in [-0.39, 0.29) is 5.91 Å². The molecule has 0 aromatic heterocycles. The average Bonchev–Trinajstić information content (AvgIpc) is 2.63. The summed E-state index contributed by atoms with van der Waals surface area (Å²) in [5.74, 6) is 0.136. The minimum absolute atomic E-state index is 0.136. The van der Waals surface area contributed by atoms with E-state index >= 15 is 0 Å². The maximum absolute atomic E-state index is 12.1. The van der Waals surface area contributed by atoms with Crippen LogP contribution in [0.15, 0.2) is 54.6 Å². The van der Waals surface area contributed by atoms with E-state index in [2.05, 4.69) is 11.4 Å². The molecule has 4 nitrogen and oxygen atoms in total. The van der Waals surface area contributed by atoms with Crippen molar-refractivity contribution in [3.8, 4) is 0 Å². The first kappa shape index (κ1) is 17.9. The van der Waals surface area contributed by atoms with Gasteiger partial charge >= 0.3 is 0 Å². The van der Waals surface area contributed by atoms with E-state index in [0.717, 1.165) is 43.3 Å². The third-order valence-electron chi connectivity index (χ3n) is 4.75. The topological polar surface area (TPSA) is 38.0 Å². The summed E-state index contributed by atoms with van der Waals surface area (Å²) in [5, 5.41) is 3.82. The molecule has 1 amide bonds. The Morgan fingerprint density at radius 2 is 1.60 bits per heavy atom. The molecule has 1 saturated heterocycles. The van der Waals surface area contributed by atoms with Gasteiger partial charge in [-0.25, -0.2) is 0 Å². The number of benzene rings is 2. The minimum atomic E-state index is 0.136. The molecule has 0 radical (unpaired) electrons. The van der Waals surface area contributed by atoms with Gasteiger partial charge in [0, 0.05) is 17.1 Å².